The zero-order valence-corrected chi connectivity index (χ0v) is 22.4. The van der Waals surface area contributed by atoms with Crippen LogP contribution in [0.5, 0.6) is 0 Å². The van der Waals surface area contributed by atoms with E-state index in [1.54, 1.807) is 13.4 Å². The van der Waals surface area contributed by atoms with Gasteiger partial charge in [-0.2, -0.15) is 0 Å². The molecular formula is C28H46N4. The first-order chi connectivity index (χ1) is 15.2. The molecule has 4 nitrogen and oxygen atoms in total. The van der Waals surface area contributed by atoms with Gasteiger partial charge in [0.15, 0.2) is 0 Å². The molecule has 0 aliphatic carbocycles. The van der Waals surface area contributed by atoms with Gasteiger partial charge in [-0.05, 0) is 63.3 Å². The van der Waals surface area contributed by atoms with Crippen LogP contribution in [-0.4, -0.2) is 22.7 Å². The molecule has 2 rings (SSSR count). The minimum absolute atomic E-state index is 0.205. The first-order valence-electron chi connectivity index (χ1n) is 11.6. The fourth-order valence-corrected chi connectivity index (χ4v) is 2.73. The zero-order chi connectivity index (χ0) is 25.3. The molecule has 0 bridgehead atoms. The molecule has 0 aliphatic rings. The lowest BCUT2D eigenvalue weighted by atomic mass is 9.95. The van der Waals surface area contributed by atoms with Crippen LogP contribution in [-0.2, 0) is 0 Å². The van der Waals surface area contributed by atoms with E-state index in [0.717, 1.165) is 34.7 Å². The summed E-state index contributed by atoms with van der Waals surface area (Å²) in [4.78, 5) is 12.2. The molecular weight excluding hydrogens is 392 g/mol. The molecule has 0 saturated carbocycles. The second kappa shape index (κ2) is 17.9. The summed E-state index contributed by atoms with van der Waals surface area (Å²) in [5, 5.41) is 3.52. The van der Waals surface area contributed by atoms with Gasteiger partial charge in [0.25, 0.3) is 0 Å². The van der Waals surface area contributed by atoms with Crippen LogP contribution in [0, 0.1) is 13.8 Å². The number of allylic oxidation sites excluding steroid dienone is 1. The SMILES string of the molecule is C=C(C)c1ccc([C@H](CC)NC(=C)c2ncncc2C)c(C)c1.CC.CC.CN=C(C)C. The summed E-state index contributed by atoms with van der Waals surface area (Å²) in [5.74, 6) is 0. The van der Waals surface area contributed by atoms with Crippen molar-refractivity contribution in [3.8, 4) is 0 Å². The summed E-state index contributed by atoms with van der Waals surface area (Å²) in [6, 6.07) is 6.71. The van der Waals surface area contributed by atoms with E-state index in [9.17, 15) is 0 Å². The van der Waals surface area contributed by atoms with Gasteiger partial charge in [-0.25, -0.2) is 9.97 Å². The number of nitrogens with zero attached hydrogens (tertiary/aromatic N) is 3. The van der Waals surface area contributed by atoms with E-state index in [1.165, 1.54) is 16.7 Å². The number of nitrogens with one attached hydrogen (secondary N) is 1. The number of hydrogen-bond donors (Lipinski definition) is 1. The molecule has 1 aromatic heterocycles. The van der Waals surface area contributed by atoms with E-state index in [-0.39, 0.29) is 6.04 Å². The number of aromatic nitrogens is 2. The predicted octanol–water partition coefficient (Wildman–Crippen LogP) is 7.99. The predicted molar refractivity (Wildman–Crippen MR) is 145 cm³/mol. The van der Waals surface area contributed by atoms with Crippen molar-refractivity contribution in [1.82, 2.24) is 15.3 Å². The van der Waals surface area contributed by atoms with Crippen molar-refractivity contribution in [2.75, 3.05) is 7.05 Å². The molecule has 1 heterocycles. The van der Waals surface area contributed by atoms with Gasteiger partial charge in [-0.15, -0.1) is 0 Å². The molecule has 0 radical (unpaired) electrons. The fourth-order valence-electron chi connectivity index (χ4n) is 2.73. The van der Waals surface area contributed by atoms with E-state index in [2.05, 4.69) is 65.5 Å². The Labute approximate surface area is 198 Å². The average molecular weight is 439 g/mol. The maximum absolute atomic E-state index is 4.33. The van der Waals surface area contributed by atoms with E-state index in [1.807, 2.05) is 61.6 Å². The van der Waals surface area contributed by atoms with E-state index in [0.29, 0.717) is 0 Å². The van der Waals surface area contributed by atoms with Crippen molar-refractivity contribution in [3.05, 3.63) is 71.8 Å². The van der Waals surface area contributed by atoms with Crippen molar-refractivity contribution in [2.45, 2.75) is 81.7 Å². The fraction of sp³-hybridized carbons (Fsp3) is 0.464. The van der Waals surface area contributed by atoms with Crippen LogP contribution in [0.2, 0.25) is 0 Å². The number of aliphatic imine (C=N–C) groups is 1. The van der Waals surface area contributed by atoms with Crippen LogP contribution in [0.4, 0.5) is 0 Å². The highest BCUT2D eigenvalue weighted by atomic mass is 15.0. The minimum atomic E-state index is 0.205. The van der Waals surface area contributed by atoms with Gasteiger partial charge in [0, 0.05) is 19.0 Å². The maximum Gasteiger partial charge on any atom is 0.116 e. The van der Waals surface area contributed by atoms with Gasteiger partial charge >= 0.3 is 0 Å². The third-order valence-corrected chi connectivity index (χ3v) is 4.52. The van der Waals surface area contributed by atoms with Crippen LogP contribution in [0.25, 0.3) is 11.3 Å². The van der Waals surface area contributed by atoms with E-state index >= 15 is 0 Å². The van der Waals surface area contributed by atoms with Gasteiger partial charge in [0.2, 0.25) is 0 Å². The molecule has 0 fully saturated rings. The maximum atomic E-state index is 4.33. The summed E-state index contributed by atoms with van der Waals surface area (Å²) in [7, 11) is 1.79. The lowest BCUT2D eigenvalue weighted by molar-refractivity contribution is 0.609. The topological polar surface area (TPSA) is 50.2 Å². The third-order valence-electron chi connectivity index (χ3n) is 4.52. The van der Waals surface area contributed by atoms with Gasteiger partial charge in [-0.3, -0.25) is 4.99 Å². The molecule has 1 aromatic carbocycles. The van der Waals surface area contributed by atoms with Gasteiger partial charge in [0.1, 0.15) is 6.33 Å². The standard InChI is InChI=1S/C20H25N3.C4H9N.2C2H6/c1-7-19(18-9-8-17(13(2)3)10-14(18)4)23-16(6)20-15(5)11-21-12-22-20;1-4(2)5-3;2*1-2/h8-12,19,23H,2,6-7H2,1,3-5H3;1-3H3;2*1-2H3/t19-;;;/m0.../s1. The van der Waals surface area contributed by atoms with Crippen molar-refractivity contribution in [1.29, 1.82) is 0 Å². The van der Waals surface area contributed by atoms with Crippen molar-refractivity contribution in [3.63, 3.8) is 0 Å². The number of rotatable bonds is 6. The quantitative estimate of drug-likeness (QED) is 0.465. The Hall–Kier alpha value is -2.75. The Morgan fingerprint density at radius 2 is 1.59 bits per heavy atom. The highest BCUT2D eigenvalue weighted by Crippen LogP contribution is 2.26. The highest BCUT2D eigenvalue weighted by Gasteiger charge is 2.15. The van der Waals surface area contributed by atoms with Crippen molar-refractivity contribution < 1.29 is 0 Å². The molecule has 178 valence electrons. The van der Waals surface area contributed by atoms with Crippen molar-refractivity contribution in [2.24, 2.45) is 4.99 Å². The number of hydrogen-bond acceptors (Lipinski definition) is 4. The van der Waals surface area contributed by atoms with E-state index in [4.69, 9.17) is 0 Å². The second-order valence-corrected chi connectivity index (χ2v) is 7.16. The highest BCUT2D eigenvalue weighted by molar-refractivity contribution is 5.78. The van der Waals surface area contributed by atoms with E-state index < -0.39 is 0 Å². The molecule has 0 aliphatic heterocycles. The Morgan fingerprint density at radius 3 is 2.00 bits per heavy atom. The summed E-state index contributed by atoms with van der Waals surface area (Å²) >= 11 is 0. The minimum Gasteiger partial charge on any atom is -0.377 e. The lowest BCUT2D eigenvalue weighted by Crippen LogP contribution is -2.21. The Kier molecular flexibility index (Phi) is 17.6. The molecule has 0 amide bonds. The number of benzene rings is 1. The molecule has 0 spiro atoms. The lowest BCUT2D eigenvalue weighted by Gasteiger charge is -2.23. The second-order valence-electron chi connectivity index (χ2n) is 7.16. The first-order valence-corrected chi connectivity index (χ1v) is 11.6. The molecule has 0 unspecified atom stereocenters. The van der Waals surface area contributed by atoms with Gasteiger partial charge in [0.05, 0.1) is 17.4 Å². The summed E-state index contributed by atoms with van der Waals surface area (Å²) < 4.78 is 0. The average Bonchev–Trinajstić information content (AvgIpc) is 2.80. The van der Waals surface area contributed by atoms with Crippen LogP contribution in [0.1, 0.15) is 95.8 Å². The monoisotopic (exact) mass is 438 g/mol. The molecule has 1 N–H and O–H groups in total. The Bertz CT molecular complexity index is 846. The van der Waals surface area contributed by atoms with Crippen LogP contribution in [0.3, 0.4) is 0 Å². The summed E-state index contributed by atoms with van der Waals surface area (Å²) in [5.41, 5.74) is 8.67. The van der Waals surface area contributed by atoms with Crippen LogP contribution < -0.4 is 5.32 Å². The Balaban J connectivity index is 0. The van der Waals surface area contributed by atoms with Crippen LogP contribution in [0.15, 0.2) is 48.9 Å². The van der Waals surface area contributed by atoms with Gasteiger partial charge < -0.3 is 5.32 Å². The van der Waals surface area contributed by atoms with Crippen LogP contribution >= 0.6 is 0 Å². The summed E-state index contributed by atoms with van der Waals surface area (Å²) in [6.45, 7) is 28.5. The van der Waals surface area contributed by atoms with Crippen molar-refractivity contribution >= 4 is 17.0 Å². The number of aryl methyl sites for hydroxylation is 2. The molecule has 0 saturated heterocycles. The first kappa shape index (κ1) is 31.4. The zero-order valence-electron chi connectivity index (χ0n) is 22.4. The molecule has 1 atom stereocenters. The normalized spacial score (nSPS) is 9.97. The molecule has 4 heteroatoms. The smallest absolute Gasteiger partial charge is 0.116 e. The molecule has 32 heavy (non-hydrogen) atoms. The third kappa shape index (κ3) is 11.0. The Morgan fingerprint density at radius 1 is 1.03 bits per heavy atom. The van der Waals surface area contributed by atoms with Gasteiger partial charge in [-0.1, -0.05) is 71.5 Å². The largest absolute Gasteiger partial charge is 0.377 e. The summed E-state index contributed by atoms with van der Waals surface area (Å²) in [6.07, 6.45) is 4.34. The molecule has 2 aromatic rings.